The van der Waals surface area contributed by atoms with Crippen molar-refractivity contribution in [2.75, 3.05) is 0 Å². The molecule has 1 saturated carbocycles. The van der Waals surface area contributed by atoms with E-state index in [1.807, 2.05) is 0 Å². The van der Waals surface area contributed by atoms with Gasteiger partial charge in [0.25, 0.3) is 0 Å². The lowest BCUT2D eigenvalue weighted by Gasteiger charge is -2.19. The van der Waals surface area contributed by atoms with Gasteiger partial charge in [0.1, 0.15) is 0 Å². The van der Waals surface area contributed by atoms with Crippen LogP contribution in [-0.2, 0) is 10.2 Å². The van der Waals surface area contributed by atoms with Gasteiger partial charge in [0.15, 0.2) is 0 Å². The Morgan fingerprint density at radius 2 is 1.88 bits per heavy atom. The summed E-state index contributed by atoms with van der Waals surface area (Å²) in [5.74, 6) is -0.795. The second-order valence-corrected chi connectivity index (χ2v) is 6.92. The molecular formula is C14H18O2S. The highest BCUT2D eigenvalue weighted by Gasteiger charge is 2.43. The molecule has 2 unspecified atom stereocenters. The van der Waals surface area contributed by atoms with E-state index < -0.39 is 5.97 Å². The molecule has 0 spiro atoms. The van der Waals surface area contributed by atoms with E-state index in [0.717, 1.165) is 6.42 Å². The van der Waals surface area contributed by atoms with Gasteiger partial charge >= 0.3 is 5.97 Å². The molecule has 1 N–H and O–H groups in total. The molecule has 1 fully saturated rings. The molecule has 1 aromatic carbocycles. The van der Waals surface area contributed by atoms with Crippen LogP contribution in [0.25, 0.3) is 0 Å². The van der Waals surface area contributed by atoms with Crippen LogP contribution < -0.4 is 0 Å². The van der Waals surface area contributed by atoms with Gasteiger partial charge in [0, 0.05) is 10.1 Å². The van der Waals surface area contributed by atoms with Crippen molar-refractivity contribution < 1.29 is 9.90 Å². The van der Waals surface area contributed by atoms with E-state index in [-0.39, 0.29) is 16.6 Å². The smallest absolute Gasteiger partial charge is 0.307 e. The first-order valence-electron chi connectivity index (χ1n) is 5.88. The quantitative estimate of drug-likeness (QED) is 0.891. The van der Waals surface area contributed by atoms with Crippen molar-refractivity contribution in [3.05, 3.63) is 29.8 Å². The van der Waals surface area contributed by atoms with Gasteiger partial charge in [0.05, 0.1) is 5.92 Å². The minimum atomic E-state index is -0.659. The fraction of sp³-hybridized carbons (Fsp3) is 0.500. The van der Waals surface area contributed by atoms with Gasteiger partial charge in [-0.05, 0) is 29.5 Å². The third-order valence-corrected chi connectivity index (χ3v) is 4.42. The normalized spacial score (nSPS) is 23.5. The standard InChI is InChI=1S/C14H18O2S/c1-14(2,3)9-4-6-10(7-5-9)17-12-8-11(12)13(15)16/h4-7,11-12H,8H2,1-3H3,(H,15,16). The molecule has 17 heavy (non-hydrogen) atoms. The number of benzene rings is 1. The zero-order chi connectivity index (χ0) is 12.6. The number of carboxylic acids is 1. The summed E-state index contributed by atoms with van der Waals surface area (Å²) in [7, 11) is 0. The monoisotopic (exact) mass is 250 g/mol. The number of carbonyl (C=O) groups is 1. The van der Waals surface area contributed by atoms with Crippen LogP contribution in [0.4, 0.5) is 0 Å². The van der Waals surface area contributed by atoms with Gasteiger partial charge in [-0.3, -0.25) is 4.79 Å². The van der Waals surface area contributed by atoms with Crippen molar-refractivity contribution in [1.29, 1.82) is 0 Å². The molecule has 0 radical (unpaired) electrons. The molecule has 0 aromatic heterocycles. The van der Waals surface area contributed by atoms with E-state index in [4.69, 9.17) is 5.11 Å². The van der Waals surface area contributed by atoms with Crippen molar-refractivity contribution in [3.8, 4) is 0 Å². The highest BCUT2D eigenvalue weighted by molar-refractivity contribution is 8.00. The zero-order valence-corrected chi connectivity index (χ0v) is 11.3. The summed E-state index contributed by atoms with van der Waals surface area (Å²) in [5.41, 5.74) is 1.49. The summed E-state index contributed by atoms with van der Waals surface area (Å²) < 4.78 is 0. The molecule has 2 rings (SSSR count). The van der Waals surface area contributed by atoms with Crippen LogP contribution in [0.3, 0.4) is 0 Å². The first-order chi connectivity index (χ1) is 7.88. The number of rotatable bonds is 3. The number of carboxylic acid groups (broad SMARTS) is 1. The van der Waals surface area contributed by atoms with E-state index in [1.165, 1.54) is 10.5 Å². The lowest BCUT2D eigenvalue weighted by atomic mass is 9.87. The lowest BCUT2D eigenvalue weighted by Crippen LogP contribution is -2.10. The van der Waals surface area contributed by atoms with E-state index >= 15 is 0 Å². The minimum Gasteiger partial charge on any atom is -0.481 e. The van der Waals surface area contributed by atoms with Crippen molar-refractivity contribution in [1.82, 2.24) is 0 Å². The number of aliphatic carboxylic acids is 1. The second kappa shape index (κ2) is 4.37. The van der Waals surface area contributed by atoms with Crippen LogP contribution >= 0.6 is 11.8 Å². The maximum Gasteiger partial charge on any atom is 0.307 e. The molecule has 0 saturated heterocycles. The molecule has 2 nitrogen and oxygen atoms in total. The van der Waals surface area contributed by atoms with E-state index in [2.05, 4.69) is 45.0 Å². The third-order valence-electron chi connectivity index (χ3n) is 3.06. The van der Waals surface area contributed by atoms with Crippen LogP contribution in [0.15, 0.2) is 29.2 Å². The van der Waals surface area contributed by atoms with E-state index in [9.17, 15) is 4.79 Å². The fourth-order valence-corrected chi connectivity index (χ4v) is 3.00. The maximum atomic E-state index is 10.7. The Morgan fingerprint density at radius 1 is 1.29 bits per heavy atom. The van der Waals surface area contributed by atoms with Crippen molar-refractivity contribution in [3.63, 3.8) is 0 Å². The van der Waals surface area contributed by atoms with Gasteiger partial charge in [-0.2, -0.15) is 0 Å². The summed E-state index contributed by atoms with van der Waals surface area (Å²) >= 11 is 1.68. The highest BCUT2D eigenvalue weighted by Crippen LogP contribution is 2.45. The highest BCUT2D eigenvalue weighted by atomic mass is 32.2. The number of hydrogen-bond donors (Lipinski definition) is 1. The van der Waals surface area contributed by atoms with E-state index in [1.54, 1.807) is 11.8 Å². The molecule has 1 aromatic rings. The van der Waals surface area contributed by atoms with Gasteiger partial charge in [-0.25, -0.2) is 0 Å². The summed E-state index contributed by atoms with van der Waals surface area (Å²) in [4.78, 5) is 11.9. The molecule has 3 heteroatoms. The number of hydrogen-bond acceptors (Lipinski definition) is 2. The van der Waals surface area contributed by atoms with Gasteiger partial charge in [0.2, 0.25) is 0 Å². The largest absolute Gasteiger partial charge is 0.481 e. The predicted molar refractivity (Wildman–Crippen MR) is 70.5 cm³/mol. The summed E-state index contributed by atoms with van der Waals surface area (Å²) in [6, 6.07) is 8.48. The van der Waals surface area contributed by atoms with Crippen molar-refractivity contribution in [2.45, 2.75) is 42.8 Å². The Balaban J connectivity index is 1.98. The summed E-state index contributed by atoms with van der Waals surface area (Å²) in [6.45, 7) is 6.57. The van der Waals surface area contributed by atoms with E-state index in [0.29, 0.717) is 0 Å². The Labute approximate surface area is 106 Å². The van der Waals surface area contributed by atoms with Crippen LogP contribution in [-0.4, -0.2) is 16.3 Å². The number of thioether (sulfide) groups is 1. The third kappa shape index (κ3) is 3.03. The molecule has 0 aliphatic heterocycles. The molecule has 0 amide bonds. The van der Waals surface area contributed by atoms with Crippen LogP contribution in [0.2, 0.25) is 0 Å². The van der Waals surface area contributed by atoms with Crippen LogP contribution in [0, 0.1) is 5.92 Å². The Kier molecular flexibility index (Phi) is 3.21. The molecule has 92 valence electrons. The average Bonchev–Trinajstić information content (AvgIpc) is 2.96. The minimum absolute atomic E-state index is 0.137. The maximum absolute atomic E-state index is 10.7. The SMILES string of the molecule is CC(C)(C)c1ccc(SC2CC2C(=O)O)cc1. The molecular weight excluding hydrogens is 232 g/mol. The Hall–Kier alpha value is -0.960. The molecule has 2 atom stereocenters. The van der Waals surface area contributed by atoms with Gasteiger partial charge in [-0.1, -0.05) is 32.9 Å². The lowest BCUT2D eigenvalue weighted by molar-refractivity contribution is -0.138. The van der Waals surface area contributed by atoms with Crippen molar-refractivity contribution in [2.24, 2.45) is 5.92 Å². The Bertz CT molecular complexity index is 417. The van der Waals surface area contributed by atoms with Crippen molar-refractivity contribution >= 4 is 17.7 Å². The summed E-state index contributed by atoms with van der Waals surface area (Å²) in [6.07, 6.45) is 0.807. The Morgan fingerprint density at radius 3 is 2.29 bits per heavy atom. The average molecular weight is 250 g/mol. The second-order valence-electron chi connectivity index (χ2n) is 5.61. The van der Waals surface area contributed by atoms with Gasteiger partial charge < -0.3 is 5.11 Å². The first kappa shape index (κ1) is 12.5. The summed E-state index contributed by atoms with van der Waals surface area (Å²) in [5, 5.41) is 9.11. The molecule has 1 aliphatic carbocycles. The zero-order valence-electron chi connectivity index (χ0n) is 10.4. The predicted octanol–water partition coefficient (Wildman–Crippen LogP) is 3.55. The van der Waals surface area contributed by atoms with Gasteiger partial charge in [-0.15, -0.1) is 11.8 Å². The topological polar surface area (TPSA) is 37.3 Å². The van der Waals surface area contributed by atoms with Crippen LogP contribution in [0.5, 0.6) is 0 Å². The first-order valence-corrected chi connectivity index (χ1v) is 6.76. The molecule has 0 bridgehead atoms. The van der Waals surface area contributed by atoms with Crippen LogP contribution in [0.1, 0.15) is 32.8 Å². The molecule has 0 heterocycles. The fourth-order valence-electron chi connectivity index (χ4n) is 1.77. The molecule has 1 aliphatic rings.